The van der Waals surface area contributed by atoms with Crippen LogP contribution in [0.1, 0.15) is 30.1 Å². The van der Waals surface area contributed by atoms with Crippen molar-refractivity contribution in [3.05, 3.63) is 24.0 Å². The molecule has 2 rings (SSSR count). The number of H-pyrrole nitrogens is 1. The Balaban J connectivity index is 2.13. The lowest BCUT2D eigenvalue weighted by Crippen LogP contribution is -2.33. The van der Waals surface area contributed by atoms with Gasteiger partial charge in [0.15, 0.2) is 0 Å². The molecule has 1 aliphatic rings. The smallest absolute Gasteiger partial charge is 0.255 e. The van der Waals surface area contributed by atoms with Crippen LogP contribution in [-0.2, 0) is 0 Å². The maximum Gasteiger partial charge on any atom is 0.255 e. The summed E-state index contributed by atoms with van der Waals surface area (Å²) in [5.74, 6) is 0.159. The molecule has 1 amide bonds. The van der Waals surface area contributed by atoms with Gasteiger partial charge in [-0.2, -0.15) is 0 Å². The van der Waals surface area contributed by atoms with E-state index >= 15 is 0 Å². The highest BCUT2D eigenvalue weighted by Crippen LogP contribution is 2.18. The van der Waals surface area contributed by atoms with Gasteiger partial charge in [-0.15, -0.1) is 0 Å². The van der Waals surface area contributed by atoms with Crippen molar-refractivity contribution in [2.45, 2.75) is 25.8 Å². The first-order valence-corrected chi connectivity index (χ1v) is 4.73. The summed E-state index contributed by atoms with van der Waals surface area (Å²) in [5, 5.41) is 0. The Labute approximate surface area is 77.7 Å². The quantitative estimate of drug-likeness (QED) is 0.697. The van der Waals surface area contributed by atoms with Crippen LogP contribution in [0.25, 0.3) is 0 Å². The molecule has 1 saturated heterocycles. The van der Waals surface area contributed by atoms with Gasteiger partial charge in [-0.3, -0.25) is 4.79 Å². The number of likely N-dealkylation sites (tertiary alicyclic amines) is 1. The lowest BCUT2D eigenvalue weighted by molar-refractivity contribution is 0.0747. The number of carbonyl (C=O) groups is 1. The summed E-state index contributed by atoms with van der Waals surface area (Å²) >= 11 is 0. The molecular formula is C10H14N2O. The van der Waals surface area contributed by atoms with E-state index in [1.807, 2.05) is 11.0 Å². The summed E-state index contributed by atoms with van der Waals surface area (Å²) in [6.07, 6.45) is 5.81. The Hall–Kier alpha value is -1.25. The molecule has 0 aliphatic carbocycles. The molecule has 1 N–H and O–H groups in total. The van der Waals surface area contributed by atoms with Crippen LogP contribution in [0.5, 0.6) is 0 Å². The summed E-state index contributed by atoms with van der Waals surface area (Å²) < 4.78 is 0. The number of rotatable bonds is 1. The first kappa shape index (κ1) is 8.35. The van der Waals surface area contributed by atoms with E-state index in [2.05, 4.69) is 11.9 Å². The molecular weight excluding hydrogens is 164 g/mol. The van der Waals surface area contributed by atoms with E-state index in [0.717, 1.165) is 24.9 Å². The Bertz CT molecular complexity index is 292. The van der Waals surface area contributed by atoms with Crippen molar-refractivity contribution in [1.82, 2.24) is 9.88 Å². The van der Waals surface area contributed by atoms with E-state index in [-0.39, 0.29) is 5.91 Å². The number of nitrogens with zero attached hydrogens (tertiary/aromatic N) is 1. The molecule has 1 aliphatic heterocycles. The molecule has 3 nitrogen and oxygen atoms in total. The molecule has 0 aromatic carbocycles. The second kappa shape index (κ2) is 3.24. The zero-order chi connectivity index (χ0) is 9.26. The molecule has 0 spiro atoms. The van der Waals surface area contributed by atoms with Gasteiger partial charge in [-0.1, -0.05) is 0 Å². The highest BCUT2D eigenvalue weighted by atomic mass is 16.2. The fourth-order valence-electron chi connectivity index (χ4n) is 1.86. The zero-order valence-corrected chi connectivity index (χ0v) is 7.79. The monoisotopic (exact) mass is 178 g/mol. The van der Waals surface area contributed by atoms with Gasteiger partial charge in [-0.25, -0.2) is 0 Å². The lowest BCUT2D eigenvalue weighted by Gasteiger charge is -2.20. The van der Waals surface area contributed by atoms with Crippen LogP contribution in [0.4, 0.5) is 0 Å². The second-order valence-electron chi connectivity index (χ2n) is 3.59. The van der Waals surface area contributed by atoms with Gasteiger partial charge in [0.25, 0.3) is 5.91 Å². The van der Waals surface area contributed by atoms with Gasteiger partial charge in [0.2, 0.25) is 0 Å². The number of amides is 1. The van der Waals surface area contributed by atoms with Crippen LogP contribution in [0.15, 0.2) is 18.5 Å². The van der Waals surface area contributed by atoms with Crippen molar-refractivity contribution >= 4 is 5.91 Å². The molecule has 0 saturated carbocycles. The zero-order valence-electron chi connectivity index (χ0n) is 7.79. The first-order valence-electron chi connectivity index (χ1n) is 4.73. The van der Waals surface area contributed by atoms with Crippen molar-refractivity contribution in [3.8, 4) is 0 Å². The van der Waals surface area contributed by atoms with Crippen LogP contribution >= 0.6 is 0 Å². The minimum Gasteiger partial charge on any atom is -0.367 e. The first-order chi connectivity index (χ1) is 6.29. The summed E-state index contributed by atoms with van der Waals surface area (Å²) in [6.45, 7) is 3.02. The Morgan fingerprint density at radius 3 is 3.08 bits per heavy atom. The number of hydrogen-bond donors (Lipinski definition) is 1. The fourth-order valence-corrected chi connectivity index (χ4v) is 1.86. The van der Waals surface area contributed by atoms with E-state index < -0.39 is 0 Å². The summed E-state index contributed by atoms with van der Waals surface area (Å²) in [7, 11) is 0. The number of hydrogen-bond acceptors (Lipinski definition) is 1. The minimum absolute atomic E-state index is 0.159. The highest BCUT2D eigenvalue weighted by Gasteiger charge is 2.25. The maximum absolute atomic E-state index is 11.8. The van der Waals surface area contributed by atoms with Crippen molar-refractivity contribution in [1.29, 1.82) is 0 Å². The van der Waals surface area contributed by atoms with E-state index in [4.69, 9.17) is 0 Å². The highest BCUT2D eigenvalue weighted by molar-refractivity contribution is 5.94. The van der Waals surface area contributed by atoms with Crippen molar-refractivity contribution in [3.63, 3.8) is 0 Å². The van der Waals surface area contributed by atoms with Gasteiger partial charge in [0.05, 0.1) is 5.56 Å². The van der Waals surface area contributed by atoms with E-state index in [1.54, 1.807) is 12.4 Å². The predicted molar refractivity (Wildman–Crippen MR) is 50.5 cm³/mol. The summed E-state index contributed by atoms with van der Waals surface area (Å²) in [6, 6.07) is 2.23. The van der Waals surface area contributed by atoms with E-state index in [1.165, 1.54) is 0 Å². The lowest BCUT2D eigenvalue weighted by atomic mass is 10.2. The molecule has 70 valence electrons. The molecule has 1 fully saturated rings. The average molecular weight is 178 g/mol. The maximum atomic E-state index is 11.8. The number of aromatic amines is 1. The summed E-state index contributed by atoms with van der Waals surface area (Å²) in [5.41, 5.74) is 0.772. The number of carbonyl (C=O) groups excluding carboxylic acids is 1. The van der Waals surface area contributed by atoms with E-state index in [9.17, 15) is 4.79 Å². The fraction of sp³-hybridized carbons (Fsp3) is 0.500. The Kier molecular flexibility index (Phi) is 2.08. The molecule has 13 heavy (non-hydrogen) atoms. The van der Waals surface area contributed by atoms with Crippen LogP contribution in [0, 0.1) is 0 Å². The normalized spacial score (nSPS) is 22.2. The minimum atomic E-state index is 0.159. The SMILES string of the molecule is CC1CCCN1C(=O)c1cc[nH]c1. The standard InChI is InChI=1S/C10H14N2O/c1-8-3-2-6-12(8)10(13)9-4-5-11-7-9/h4-5,7-8,11H,2-3,6H2,1H3. The predicted octanol–water partition coefficient (Wildman–Crippen LogP) is 1.64. The van der Waals surface area contributed by atoms with Crippen LogP contribution in [-0.4, -0.2) is 28.4 Å². The average Bonchev–Trinajstić information content (AvgIpc) is 2.72. The van der Waals surface area contributed by atoms with Gasteiger partial charge in [0, 0.05) is 25.0 Å². The Morgan fingerprint density at radius 1 is 1.69 bits per heavy atom. The topological polar surface area (TPSA) is 36.1 Å². The molecule has 0 bridgehead atoms. The number of aromatic nitrogens is 1. The molecule has 1 atom stereocenters. The molecule has 0 radical (unpaired) electrons. The second-order valence-corrected chi connectivity index (χ2v) is 3.59. The molecule has 1 aromatic rings. The molecule has 2 heterocycles. The van der Waals surface area contributed by atoms with Gasteiger partial charge in [-0.05, 0) is 25.8 Å². The van der Waals surface area contributed by atoms with Gasteiger partial charge >= 0.3 is 0 Å². The van der Waals surface area contributed by atoms with Crippen molar-refractivity contribution < 1.29 is 4.79 Å². The molecule has 1 aromatic heterocycles. The molecule has 1 unspecified atom stereocenters. The van der Waals surface area contributed by atoms with Gasteiger partial charge < -0.3 is 9.88 Å². The number of nitrogens with one attached hydrogen (secondary N) is 1. The van der Waals surface area contributed by atoms with Crippen molar-refractivity contribution in [2.75, 3.05) is 6.54 Å². The third kappa shape index (κ3) is 1.46. The van der Waals surface area contributed by atoms with Crippen LogP contribution < -0.4 is 0 Å². The Morgan fingerprint density at radius 2 is 2.54 bits per heavy atom. The van der Waals surface area contributed by atoms with Crippen molar-refractivity contribution in [2.24, 2.45) is 0 Å². The van der Waals surface area contributed by atoms with Crippen LogP contribution in [0.3, 0.4) is 0 Å². The third-order valence-electron chi connectivity index (χ3n) is 2.66. The third-order valence-corrected chi connectivity index (χ3v) is 2.66. The van der Waals surface area contributed by atoms with E-state index in [0.29, 0.717) is 6.04 Å². The summed E-state index contributed by atoms with van der Waals surface area (Å²) in [4.78, 5) is 16.7. The van der Waals surface area contributed by atoms with Crippen LogP contribution in [0.2, 0.25) is 0 Å². The largest absolute Gasteiger partial charge is 0.367 e. The molecule has 3 heteroatoms. The van der Waals surface area contributed by atoms with Gasteiger partial charge in [0.1, 0.15) is 0 Å².